The maximum atomic E-state index is 12.3. The average Bonchev–Trinajstić information content (AvgIpc) is 2.43. The van der Waals surface area contributed by atoms with Crippen LogP contribution in [0.25, 0.3) is 0 Å². The van der Waals surface area contributed by atoms with Crippen molar-refractivity contribution in [3.63, 3.8) is 0 Å². The normalized spacial score (nSPS) is 13.5. The first kappa shape index (κ1) is 18.3. The lowest BCUT2D eigenvalue weighted by Crippen LogP contribution is -2.28. The third kappa shape index (κ3) is 4.62. The average molecular weight is 340 g/mol. The Morgan fingerprint density at radius 1 is 1.32 bits per heavy atom. The monoisotopic (exact) mass is 340 g/mol. The lowest BCUT2D eigenvalue weighted by atomic mass is 9.93. The van der Waals surface area contributed by atoms with E-state index in [0.29, 0.717) is 12.0 Å². The molecule has 1 atom stereocenters. The van der Waals surface area contributed by atoms with Crippen molar-refractivity contribution in [2.45, 2.75) is 31.2 Å². The number of carbonyl (C=O) groups excluding carboxylic acids is 1. The molecule has 0 amide bonds. The van der Waals surface area contributed by atoms with Gasteiger partial charge in [-0.25, -0.2) is 0 Å². The molecule has 124 valence electrons. The molecule has 0 heterocycles. The van der Waals surface area contributed by atoms with E-state index in [9.17, 15) is 26.4 Å². The smallest absolute Gasteiger partial charge is 0.469 e. The van der Waals surface area contributed by atoms with Crippen molar-refractivity contribution < 1.29 is 35.3 Å². The number of alkyl halides is 3. The van der Waals surface area contributed by atoms with Gasteiger partial charge in [-0.15, -0.1) is 0 Å². The number of benzene rings is 1. The fourth-order valence-electron chi connectivity index (χ4n) is 1.78. The van der Waals surface area contributed by atoms with Crippen LogP contribution in [0.5, 0.6) is 5.75 Å². The van der Waals surface area contributed by atoms with Gasteiger partial charge in [-0.1, -0.05) is 19.1 Å². The standard InChI is InChI=1S/C13H15F3O5S/c1-3-9(8-12(17)20-2)10-5-4-6-11(7-10)21-22(18,19)13(14,15)16/h4-7,9H,3,8H2,1-2H3/t9-/m1/s1. The highest BCUT2D eigenvalue weighted by molar-refractivity contribution is 7.88. The molecule has 0 spiro atoms. The fraction of sp³-hybridized carbons (Fsp3) is 0.462. The summed E-state index contributed by atoms with van der Waals surface area (Å²) in [6.45, 7) is 1.79. The zero-order valence-electron chi connectivity index (χ0n) is 11.9. The topological polar surface area (TPSA) is 69.7 Å². The van der Waals surface area contributed by atoms with Crippen LogP contribution >= 0.6 is 0 Å². The lowest BCUT2D eigenvalue weighted by molar-refractivity contribution is -0.141. The van der Waals surface area contributed by atoms with Gasteiger partial charge >= 0.3 is 21.6 Å². The number of rotatable bonds is 6. The molecule has 1 aromatic rings. The van der Waals surface area contributed by atoms with Crippen LogP contribution < -0.4 is 4.18 Å². The molecule has 22 heavy (non-hydrogen) atoms. The summed E-state index contributed by atoms with van der Waals surface area (Å²) in [4.78, 5) is 11.3. The van der Waals surface area contributed by atoms with Gasteiger partial charge in [0.15, 0.2) is 0 Å². The van der Waals surface area contributed by atoms with Gasteiger partial charge in [0.2, 0.25) is 0 Å². The van der Waals surface area contributed by atoms with Gasteiger partial charge in [0.1, 0.15) is 5.75 Å². The Morgan fingerprint density at radius 3 is 2.45 bits per heavy atom. The van der Waals surface area contributed by atoms with Crippen molar-refractivity contribution in [1.29, 1.82) is 0 Å². The predicted molar refractivity (Wildman–Crippen MR) is 71.7 cm³/mol. The Balaban J connectivity index is 3.01. The minimum absolute atomic E-state index is 0.0302. The largest absolute Gasteiger partial charge is 0.534 e. The molecular formula is C13H15F3O5S. The van der Waals surface area contributed by atoms with Gasteiger partial charge in [-0.3, -0.25) is 4.79 Å². The molecule has 0 unspecified atom stereocenters. The molecule has 1 aromatic carbocycles. The van der Waals surface area contributed by atoms with E-state index in [-0.39, 0.29) is 12.3 Å². The van der Waals surface area contributed by atoms with Gasteiger partial charge in [0, 0.05) is 0 Å². The number of halogens is 3. The Bertz CT molecular complexity index is 625. The Labute approximate surface area is 126 Å². The highest BCUT2D eigenvalue weighted by atomic mass is 32.2. The van der Waals surface area contributed by atoms with Crippen molar-refractivity contribution >= 4 is 16.1 Å². The van der Waals surface area contributed by atoms with E-state index in [1.165, 1.54) is 19.2 Å². The second-order valence-corrected chi connectivity index (χ2v) is 5.98. The second-order valence-electron chi connectivity index (χ2n) is 4.44. The number of methoxy groups -OCH3 is 1. The molecule has 0 aliphatic rings. The molecule has 0 saturated heterocycles. The molecule has 9 heteroatoms. The van der Waals surface area contributed by atoms with E-state index in [2.05, 4.69) is 8.92 Å². The SMILES string of the molecule is CC[C@H](CC(=O)OC)c1cccc(OS(=O)(=O)C(F)(F)F)c1. The van der Waals surface area contributed by atoms with Crippen LogP contribution in [0.3, 0.4) is 0 Å². The van der Waals surface area contributed by atoms with Crippen LogP contribution in [0.4, 0.5) is 13.2 Å². The van der Waals surface area contributed by atoms with Crippen LogP contribution in [-0.2, 0) is 19.6 Å². The molecule has 5 nitrogen and oxygen atoms in total. The fourth-order valence-corrected chi connectivity index (χ4v) is 2.23. The number of ether oxygens (including phenoxy) is 1. The molecule has 0 saturated carbocycles. The van der Waals surface area contributed by atoms with Gasteiger partial charge in [0.25, 0.3) is 0 Å². The summed E-state index contributed by atoms with van der Waals surface area (Å²) in [5, 5.41) is 0. The van der Waals surface area contributed by atoms with Crippen LogP contribution in [0.2, 0.25) is 0 Å². The summed E-state index contributed by atoms with van der Waals surface area (Å²) in [6.07, 6.45) is 0.549. The van der Waals surface area contributed by atoms with Crippen LogP contribution in [-0.4, -0.2) is 27.0 Å². The maximum absolute atomic E-state index is 12.3. The van der Waals surface area contributed by atoms with Crippen LogP contribution in [0.15, 0.2) is 24.3 Å². The molecule has 1 rings (SSSR count). The van der Waals surface area contributed by atoms with Gasteiger partial charge in [-0.05, 0) is 30.0 Å². The Morgan fingerprint density at radius 2 is 1.95 bits per heavy atom. The highest BCUT2D eigenvalue weighted by Gasteiger charge is 2.48. The summed E-state index contributed by atoms with van der Waals surface area (Å²) in [5.74, 6) is -1.25. The van der Waals surface area contributed by atoms with E-state index in [4.69, 9.17) is 0 Å². The van der Waals surface area contributed by atoms with E-state index in [1.807, 2.05) is 0 Å². The highest BCUT2D eigenvalue weighted by Crippen LogP contribution is 2.30. The summed E-state index contributed by atoms with van der Waals surface area (Å²) >= 11 is 0. The molecule has 0 aliphatic carbocycles. The molecular weight excluding hydrogens is 325 g/mol. The van der Waals surface area contributed by atoms with E-state index >= 15 is 0 Å². The molecule has 0 aromatic heterocycles. The predicted octanol–water partition coefficient (Wildman–Crippen LogP) is 2.97. The summed E-state index contributed by atoms with van der Waals surface area (Å²) in [6, 6.07) is 5.19. The summed E-state index contributed by atoms with van der Waals surface area (Å²) < 4.78 is 67.4. The van der Waals surface area contributed by atoms with Crippen molar-refractivity contribution in [2.24, 2.45) is 0 Å². The minimum atomic E-state index is -5.72. The van der Waals surface area contributed by atoms with E-state index < -0.39 is 27.3 Å². The summed E-state index contributed by atoms with van der Waals surface area (Å²) in [5.41, 5.74) is -5.01. The number of carbonyl (C=O) groups is 1. The van der Waals surface area contributed by atoms with Crippen molar-refractivity contribution in [1.82, 2.24) is 0 Å². The number of hydrogen-bond acceptors (Lipinski definition) is 5. The maximum Gasteiger partial charge on any atom is 0.534 e. The first-order valence-electron chi connectivity index (χ1n) is 6.28. The third-order valence-corrected chi connectivity index (χ3v) is 3.93. The number of esters is 1. The number of hydrogen-bond donors (Lipinski definition) is 0. The van der Waals surface area contributed by atoms with E-state index in [0.717, 1.165) is 6.07 Å². The molecule has 0 bridgehead atoms. The zero-order valence-corrected chi connectivity index (χ0v) is 12.7. The molecule has 0 aliphatic heterocycles. The lowest BCUT2D eigenvalue weighted by Gasteiger charge is -2.15. The minimum Gasteiger partial charge on any atom is -0.469 e. The quantitative estimate of drug-likeness (QED) is 0.452. The van der Waals surface area contributed by atoms with Crippen molar-refractivity contribution in [3.8, 4) is 5.75 Å². The summed E-state index contributed by atoms with van der Waals surface area (Å²) in [7, 11) is -4.49. The van der Waals surface area contributed by atoms with Gasteiger partial charge < -0.3 is 8.92 Å². The van der Waals surface area contributed by atoms with Crippen molar-refractivity contribution in [2.75, 3.05) is 7.11 Å². The van der Waals surface area contributed by atoms with Gasteiger partial charge in [-0.2, -0.15) is 21.6 Å². The second kappa shape index (κ2) is 6.99. The molecule has 0 radical (unpaired) electrons. The Hall–Kier alpha value is -1.77. The first-order chi connectivity index (χ1) is 10.1. The van der Waals surface area contributed by atoms with Crippen LogP contribution in [0, 0.1) is 0 Å². The van der Waals surface area contributed by atoms with E-state index in [1.54, 1.807) is 13.0 Å². The molecule has 0 N–H and O–H groups in total. The van der Waals surface area contributed by atoms with Crippen LogP contribution in [0.1, 0.15) is 31.2 Å². The third-order valence-electron chi connectivity index (χ3n) is 2.95. The Kier molecular flexibility index (Phi) is 5.81. The molecule has 0 fully saturated rings. The van der Waals surface area contributed by atoms with Crippen molar-refractivity contribution in [3.05, 3.63) is 29.8 Å². The first-order valence-corrected chi connectivity index (χ1v) is 7.69. The van der Waals surface area contributed by atoms with Gasteiger partial charge in [0.05, 0.1) is 13.5 Å². The zero-order chi connectivity index (χ0) is 17.0.